The van der Waals surface area contributed by atoms with Crippen molar-refractivity contribution in [2.75, 3.05) is 19.6 Å². The molecule has 2 rings (SSSR count). The molecule has 0 fully saturated rings. The van der Waals surface area contributed by atoms with E-state index >= 15 is 0 Å². The van der Waals surface area contributed by atoms with Crippen molar-refractivity contribution in [3.8, 4) is 5.75 Å². The van der Waals surface area contributed by atoms with Crippen LogP contribution in [0.3, 0.4) is 0 Å². The van der Waals surface area contributed by atoms with E-state index in [1.54, 1.807) is 17.6 Å². The number of carbonyl (C=O) groups excluding carboxylic acids is 1. The highest BCUT2D eigenvalue weighted by atomic mass is 35.5. The Bertz CT molecular complexity index is 582. The van der Waals surface area contributed by atoms with Gasteiger partial charge in [-0.25, -0.2) is 4.98 Å². The van der Waals surface area contributed by atoms with Crippen molar-refractivity contribution in [2.24, 2.45) is 0 Å². The van der Waals surface area contributed by atoms with Crippen LogP contribution in [0.2, 0.25) is 0 Å². The van der Waals surface area contributed by atoms with Gasteiger partial charge in [0.2, 0.25) is 0 Å². The van der Waals surface area contributed by atoms with Gasteiger partial charge in [-0.15, -0.1) is 36.2 Å². The zero-order valence-electron chi connectivity index (χ0n) is 13.5. The first-order chi connectivity index (χ1) is 10.8. The van der Waals surface area contributed by atoms with E-state index in [9.17, 15) is 4.79 Å². The lowest BCUT2D eigenvalue weighted by Gasteiger charge is -2.08. The van der Waals surface area contributed by atoms with Crippen LogP contribution in [0.25, 0.3) is 0 Å². The quantitative estimate of drug-likeness (QED) is 0.643. The number of ether oxygens (including phenoxy) is 1. The SMILES string of the molecule is CCCNCCNC(=O)c1cccc(OCc2cscn2)c1.Cl.Cl. The van der Waals surface area contributed by atoms with E-state index in [1.165, 1.54) is 11.3 Å². The summed E-state index contributed by atoms with van der Waals surface area (Å²) in [5.74, 6) is 0.585. The molecule has 0 spiro atoms. The first-order valence-electron chi connectivity index (χ1n) is 7.38. The molecular formula is C16H23Cl2N3O2S. The molecule has 2 N–H and O–H groups in total. The molecule has 134 valence electrons. The van der Waals surface area contributed by atoms with Gasteiger partial charge < -0.3 is 15.4 Å². The summed E-state index contributed by atoms with van der Waals surface area (Å²) in [7, 11) is 0. The number of halogens is 2. The maximum Gasteiger partial charge on any atom is 0.251 e. The van der Waals surface area contributed by atoms with Crippen molar-refractivity contribution >= 4 is 42.1 Å². The molecule has 0 atom stereocenters. The number of hydrogen-bond acceptors (Lipinski definition) is 5. The Morgan fingerprint density at radius 3 is 2.79 bits per heavy atom. The summed E-state index contributed by atoms with van der Waals surface area (Å²) in [5.41, 5.74) is 3.27. The fraction of sp³-hybridized carbons (Fsp3) is 0.375. The van der Waals surface area contributed by atoms with E-state index < -0.39 is 0 Å². The molecule has 0 aliphatic carbocycles. The van der Waals surface area contributed by atoms with Crippen molar-refractivity contribution in [2.45, 2.75) is 20.0 Å². The van der Waals surface area contributed by atoms with Crippen LogP contribution in [-0.4, -0.2) is 30.5 Å². The number of benzene rings is 1. The summed E-state index contributed by atoms with van der Waals surface area (Å²) >= 11 is 1.54. The Morgan fingerprint density at radius 1 is 1.25 bits per heavy atom. The van der Waals surface area contributed by atoms with Crippen LogP contribution >= 0.6 is 36.2 Å². The smallest absolute Gasteiger partial charge is 0.251 e. The van der Waals surface area contributed by atoms with Crippen LogP contribution in [0.5, 0.6) is 5.75 Å². The normalized spacial score (nSPS) is 9.54. The molecule has 1 aromatic carbocycles. The predicted molar refractivity (Wildman–Crippen MR) is 103 cm³/mol. The van der Waals surface area contributed by atoms with E-state index in [0.717, 1.165) is 25.2 Å². The van der Waals surface area contributed by atoms with Crippen molar-refractivity contribution in [1.82, 2.24) is 15.6 Å². The summed E-state index contributed by atoms with van der Waals surface area (Å²) in [5, 5.41) is 8.08. The first-order valence-corrected chi connectivity index (χ1v) is 8.32. The molecule has 2 aromatic rings. The summed E-state index contributed by atoms with van der Waals surface area (Å²) in [6.07, 6.45) is 1.09. The summed E-state index contributed by atoms with van der Waals surface area (Å²) in [4.78, 5) is 16.2. The maximum absolute atomic E-state index is 12.1. The average molecular weight is 392 g/mol. The lowest BCUT2D eigenvalue weighted by molar-refractivity contribution is 0.0953. The standard InChI is InChI=1S/C16H21N3O2S.2ClH/c1-2-6-17-7-8-18-16(20)13-4-3-5-15(9-13)21-10-14-11-22-12-19-14;;/h3-5,9,11-12,17H,2,6-8,10H2,1H3,(H,18,20);2*1H. The molecule has 0 aliphatic rings. The van der Waals surface area contributed by atoms with Gasteiger partial charge in [0.05, 0.1) is 11.2 Å². The second kappa shape index (κ2) is 13.0. The van der Waals surface area contributed by atoms with Gasteiger partial charge in [0.1, 0.15) is 12.4 Å². The van der Waals surface area contributed by atoms with Crippen molar-refractivity contribution < 1.29 is 9.53 Å². The van der Waals surface area contributed by atoms with E-state index in [-0.39, 0.29) is 30.7 Å². The largest absolute Gasteiger partial charge is 0.487 e. The number of rotatable bonds is 9. The third-order valence-electron chi connectivity index (χ3n) is 2.98. The predicted octanol–water partition coefficient (Wildman–Crippen LogP) is 3.30. The number of thiazole rings is 1. The molecule has 0 saturated heterocycles. The molecule has 0 bridgehead atoms. The zero-order chi connectivity index (χ0) is 15.6. The van der Waals surface area contributed by atoms with Gasteiger partial charge in [-0.3, -0.25) is 4.79 Å². The number of aromatic nitrogens is 1. The molecule has 5 nitrogen and oxygen atoms in total. The van der Waals surface area contributed by atoms with Crippen LogP contribution in [-0.2, 0) is 6.61 Å². The molecule has 1 heterocycles. The third kappa shape index (κ3) is 7.97. The molecular weight excluding hydrogens is 369 g/mol. The Labute approximate surface area is 159 Å². The summed E-state index contributed by atoms with van der Waals surface area (Å²) in [6.45, 7) is 4.89. The molecule has 0 aliphatic heterocycles. The van der Waals surface area contributed by atoms with Gasteiger partial charge in [0.25, 0.3) is 5.91 Å². The highest BCUT2D eigenvalue weighted by molar-refractivity contribution is 7.07. The molecule has 24 heavy (non-hydrogen) atoms. The minimum atomic E-state index is -0.0857. The third-order valence-corrected chi connectivity index (χ3v) is 3.62. The van der Waals surface area contributed by atoms with E-state index in [1.807, 2.05) is 17.5 Å². The van der Waals surface area contributed by atoms with Gasteiger partial charge in [0.15, 0.2) is 0 Å². The summed E-state index contributed by atoms with van der Waals surface area (Å²) < 4.78 is 5.65. The van der Waals surface area contributed by atoms with Crippen LogP contribution in [0.1, 0.15) is 29.4 Å². The minimum Gasteiger partial charge on any atom is -0.487 e. The summed E-state index contributed by atoms with van der Waals surface area (Å²) in [6, 6.07) is 7.19. The number of carbonyl (C=O) groups is 1. The number of nitrogens with one attached hydrogen (secondary N) is 2. The highest BCUT2D eigenvalue weighted by Gasteiger charge is 2.06. The lowest BCUT2D eigenvalue weighted by atomic mass is 10.2. The molecule has 1 amide bonds. The van der Waals surface area contributed by atoms with E-state index in [2.05, 4.69) is 22.5 Å². The van der Waals surface area contributed by atoms with Crippen LogP contribution in [0, 0.1) is 0 Å². The Balaban J connectivity index is 0.00000264. The van der Waals surface area contributed by atoms with Gasteiger partial charge in [0, 0.05) is 24.0 Å². The van der Waals surface area contributed by atoms with Gasteiger partial charge >= 0.3 is 0 Å². The van der Waals surface area contributed by atoms with E-state index in [4.69, 9.17) is 4.74 Å². The Morgan fingerprint density at radius 2 is 2.08 bits per heavy atom. The zero-order valence-corrected chi connectivity index (χ0v) is 15.9. The molecule has 0 saturated carbocycles. The second-order valence-electron chi connectivity index (χ2n) is 4.80. The number of nitrogens with zero attached hydrogens (tertiary/aromatic N) is 1. The van der Waals surface area contributed by atoms with E-state index in [0.29, 0.717) is 24.5 Å². The maximum atomic E-state index is 12.1. The topological polar surface area (TPSA) is 63.2 Å². The van der Waals surface area contributed by atoms with Gasteiger partial charge in [-0.2, -0.15) is 0 Å². The average Bonchev–Trinajstić information content (AvgIpc) is 3.06. The fourth-order valence-corrected chi connectivity index (χ4v) is 2.40. The molecule has 1 aromatic heterocycles. The highest BCUT2D eigenvalue weighted by Crippen LogP contribution is 2.15. The molecule has 0 radical (unpaired) electrons. The van der Waals surface area contributed by atoms with Gasteiger partial charge in [-0.1, -0.05) is 13.0 Å². The fourth-order valence-electron chi connectivity index (χ4n) is 1.86. The number of amides is 1. The number of hydrogen-bond donors (Lipinski definition) is 2. The van der Waals surface area contributed by atoms with Crippen molar-refractivity contribution in [3.63, 3.8) is 0 Å². The van der Waals surface area contributed by atoms with Crippen molar-refractivity contribution in [1.29, 1.82) is 0 Å². The Kier molecular flexibility index (Phi) is 12.3. The van der Waals surface area contributed by atoms with Crippen LogP contribution in [0.4, 0.5) is 0 Å². The Hall–Kier alpha value is -1.34. The van der Waals surface area contributed by atoms with Crippen LogP contribution in [0.15, 0.2) is 35.2 Å². The second-order valence-corrected chi connectivity index (χ2v) is 5.52. The molecule has 8 heteroatoms. The van der Waals surface area contributed by atoms with Crippen molar-refractivity contribution in [3.05, 3.63) is 46.4 Å². The lowest BCUT2D eigenvalue weighted by Crippen LogP contribution is -2.32. The minimum absolute atomic E-state index is 0. The van der Waals surface area contributed by atoms with Gasteiger partial charge in [-0.05, 0) is 31.2 Å². The molecule has 0 unspecified atom stereocenters. The van der Waals surface area contributed by atoms with Crippen LogP contribution < -0.4 is 15.4 Å². The monoisotopic (exact) mass is 391 g/mol. The first kappa shape index (κ1) is 22.7.